The molecule has 43 heavy (non-hydrogen) atoms. The van der Waals surface area contributed by atoms with Crippen LogP contribution in [0.2, 0.25) is 0 Å². The second-order valence-electron chi connectivity index (χ2n) is 17.6. The first-order chi connectivity index (χ1) is 20.1. The lowest BCUT2D eigenvalue weighted by atomic mass is 9.33. The third-order valence-electron chi connectivity index (χ3n) is 14.8. The van der Waals surface area contributed by atoms with Gasteiger partial charge >= 0.3 is 5.97 Å². The number of aliphatic hydroxyl groups is 2. The van der Waals surface area contributed by atoms with Gasteiger partial charge in [-0.3, -0.25) is 9.59 Å². The number of esters is 1. The van der Waals surface area contributed by atoms with Crippen molar-refractivity contribution in [1.29, 1.82) is 0 Å². The Morgan fingerprint density at radius 1 is 0.860 bits per heavy atom. The molecule has 0 heterocycles. The van der Waals surface area contributed by atoms with Gasteiger partial charge in [0.05, 0.1) is 18.1 Å². The smallest absolute Gasteiger partial charge is 0.311 e. The van der Waals surface area contributed by atoms with Crippen LogP contribution >= 0.6 is 0 Å². The quantitative estimate of drug-likeness (QED) is 0.206. The maximum Gasteiger partial charge on any atom is 0.311 e. The minimum Gasteiger partial charge on any atom is -0.465 e. The summed E-state index contributed by atoms with van der Waals surface area (Å²) in [5, 5.41) is 19.9. The number of unbranched alkanes of at least 4 members (excludes halogenated alkanes) is 5. The van der Waals surface area contributed by atoms with Crippen molar-refractivity contribution in [2.24, 2.45) is 50.2 Å². The Balaban J connectivity index is 1.36. The first kappa shape index (κ1) is 33.2. The summed E-state index contributed by atoms with van der Waals surface area (Å²) >= 11 is 0. The largest absolute Gasteiger partial charge is 0.465 e. The van der Waals surface area contributed by atoms with Gasteiger partial charge in [0.25, 0.3) is 0 Å². The molecule has 4 saturated carbocycles. The Morgan fingerprint density at radius 3 is 2.21 bits per heavy atom. The van der Waals surface area contributed by atoms with E-state index in [4.69, 9.17) is 9.84 Å². The number of ketones is 1. The summed E-state index contributed by atoms with van der Waals surface area (Å²) in [4.78, 5) is 28.1. The van der Waals surface area contributed by atoms with Gasteiger partial charge < -0.3 is 14.9 Å². The van der Waals surface area contributed by atoms with Crippen molar-refractivity contribution in [3.63, 3.8) is 0 Å². The van der Waals surface area contributed by atoms with Gasteiger partial charge in [0.15, 0.2) is 5.78 Å². The lowest BCUT2D eigenvalue weighted by Gasteiger charge is -2.70. The summed E-state index contributed by atoms with van der Waals surface area (Å²) in [6.07, 6.45) is 16.6. The van der Waals surface area contributed by atoms with E-state index < -0.39 is 5.41 Å². The number of ether oxygens (including phenoxy) is 1. The highest BCUT2D eigenvalue weighted by Gasteiger charge is 2.70. The van der Waals surface area contributed by atoms with Crippen LogP contribution in [-0.4, -0.2) is 41.3 Å². The molecule has 4 fully saturated rings. The van der Waals surface area contributed by atoms with Crippen LogP contribution < -0.4 is 0 Å². The molecule has 5 aliphatic carbocycles. The standard InChI is InChI=1S/C38H62O5/c1-33(2)29-14-17-38(7)31(36(29,5)16-15-30(33)41)28(40)24-26-27-25-35(4,19-18-34(27,3)20-21-37(26,38)6)32(42)43-23-13-11-9-8-10-12-22-39/h24,27,29-31,39,41H,8-23,25H2,1-7H3/t27-,29-,30-,31+,34+,35-,36-,37+,38+/m0/s1. The van der Waals surface area contributed by atoms with Crippen molar-refractivity contribution in [1.82, 2.24) is 0 Å². The van der Waals surface area contributed by atoms with Crippen LogP contribution in [0.15, 0.2) is 11.6 Å². The summed E-state index contributed by atoms with van der Waals surface area (Å²) in [5.74, 6) is 0.803. The molecular weight excluding hydrogens is 536 g/mol. The van der Waals surface area contributed by atoms with Crippen LogP contribution in [0.5, 0.6) is 0 Å². The second kappa shape index (κ2) is 11.6. The Kier molecular flexibility index (Phi) is 8.91. The zero-order valence-electron chi connectivity index (χ0n) is 28.5. The van der Waals surface area contributed by atoms with Crippen molar-refractivity contribution in [2.75, 3.05) is 13.2 Å². The summed E-state index contributed by atoms with van der Waals surface area (Å²) < 4.78 is 5.93. The molecule has 5 heteroatoms. The van der Waals surface area contributed by atoms with E-state index in [1.54, 1.807) is 0 Å². The molecule has 0 saturated heterocycles. The van der Waals surface area contributed by atoms with Crippen molar-refractivity contribution in [3.05, 3.63) is 11.6 Å². The molecule has 0 radical (unpaired) electrons. The number of aliphatic hydroxyl groups excluding tert-OH is 2. The summed E-state index contributed by atoms with van der Waals surface area (Å²) in [6.45, 7) is 17.0. The van der Waals surface area contributed by atoms with E-state index in [2.05, 4.69) is 54.5 Å². The normalized spacial score (nSPS) is 45.2. The summed E-state index contributed by atoms with van der Waals surface area (Å²) in [6, 6.07) is 0. The van der Waals surface area contributed by atoms with E-state index in [1.807, 2.05) is 0 Å². The fourth-order valence-corrected chi connectivity index (χ4v) is 11.6. The lowest BCUT2D eigenvalue weighted by molar-refractivity contribution is -0.202. The fourth-order valence-electron chi connectivity index (χ4n) is 11.6. The molecule has 244 valence electrons. The predicted molar refractivity (Wildman–Crippen MR) is 171 cm³/mol. The van der Waals surface area contributed by atoms with Gasteiger partial charge in [-0.25, -0.2) is 0 Å². The molecule has 0 aromatic heterocycles. The molecule has 9 atom stereocenters. The molecule has 0 amide bonds. The van der Waals surface area contributed by atoms with Gasteiger partial charge in [0, 0.05) is 12.5 Å². The van der Waals surface area contributed by atoms with Gasteiger partial charge in [0.2, 0.25) is 0 Å². The maximum atomic E-state index is 14.5. The zero-order chi connectivity index (χ0) is 31.5. The van der Waals surface area contributed by atoms with Crippen LogP contribution in [0.4, 0.5) is 0 Å². The average Bonchev–Trinajstić information content (AvgIpc) is 2.94. The number of fused-ring (bicyclic) bond motifs is 7. The van der Waals surface area contributed by atoms with E-state index in [9.17, 15) is 14.7 Å². The number of allylic oxidation sites excluding steroid dienone is 2. The topological polar surface area (TPSA) is 83.8 Å². The molecule has 0 unspecified atom stereocenters. The monoisotopic (exact) mass is 598 g/mol. The predicted octanol–water partition coefficient (Wildman–Crippen LogP) is 8.20. The van der Waals surface area contributed by atoms with Gasteiger partial charge in [-0.15, -0.1) is 0 Å². The van der Waals surface area contributed by atoms with Gasteiger partial charge in [-0.2, -0.15) is 0 Å². The second-order valence-corrected chi connectivity index (χ2v) is 17.6. The van der Waals surface area contributed by atoms with Gasteiger partial charge in [0.1, 0.15) is 0 Å². The molecule has 0 spiro atoms. The highest BCUT2D eigenvalue weighted by molar-refractivity contribution is 5.95. The zero-order valence-corrected chi connectivity index (χ0v) is 28.5. The minimum absolute atomic E-state index is 0.0211. The first-order valence-electron chi connectivity index (χ1n) is 17.8. The van der Waals surface area contributed by atoms with E-state index >= 15 is 0 Å². The summed E-state index contributed by atoms with van der Waals surface area (Å²) in [7, 11) is 0. The molecule has 0 aliphatic heterocycles. The van der Waals surface area contributed by atoms with Crippen LogP contribution in [0, 0.1) is 50.2 Å². The van der Waals surface area contributed by atoms with Crippen LogP contribution in [0.1, 0.15) is 145 Å². The van der Waals surface area contributed by atoms with E-state index in [0.29, 0.717) is 18.3 Å². The fraction of sp³-hybridized carbons (Fsp3) is 0.895. The molecule has 0 bridgehead atoms. The number of carbonyl (C=O) groups excluding carboxylic acids is 2. The van der Waals surface area contributed by atoms with Crippen molar-refractivity contribution in [3.8, 4) is 0 Å². The Morgan fingerprint density at radius 2 is 1.51 bits per heavy atom. The van der Waals surface area contributed by atoms with E-state index in [1.165, 1.54) is 5.57 Å². The third-order valence-corrected chi connectivity index (χ3v) is 14.8. The number of hydrogen-bond acceptors (Lipinski definition) is 5. The lowest BCUT2D eigenvalue weighted by Crippen LogP contribution is -2.66. The van der Waals surface area contributed by atoms with Gasteiger partial charge in [-0.1, -0.05) is 72.8 Å². The van der Waals surface area contributed by atoms with Crippen molar-refractivity contribution >= 4 is 11.8 Å². The highest BCUT2D eigenvalue weighted by Crippen LogP contribution is 2.75. The Labute approximate surface area is 262 Å². The third kappa shape index (κ3) is 5.19. The van der Waals surface area contributed by atoms with Crippen LogP contribution in [-0.2, 0) is 14.3 Å². The van der Waals surface area contributed by atoms with Crippen LogP contribution in [0.3, 0.4) is 0 Å². The minimum atomic E-state index is -0.516. The van der Waals surface area contributed by atoms with Crippen molar-refractivity contribution in [2.45, 2.75) is 151 Å². The molecular formula is C38H62O5. The Hall–Kier alpha value is -1.20. The molecule has 5 rings (SSSR count). The average molecular weight is 599 g/mol. The van der Waals surface area contributed by atoms with Crippen molar-refractivity contribution < 1.29 is 24.5 Å². The molecule has 0 aromatic rings. The SMILES string of the molecule is CC1(C)[C@@H](O)CC[C@]2(C)[C@H]3C(=O)C=C4[C@@H]5C[C@@](C)(C(=O)OCCCCCCCCO)CC[C@]5(C)CC[C@@]4(C)[C@]3(C)CC[C@@H]12. The van der Waals surface area contributed by atoms with E-state index in [0.717, 1.165) is 96.3 Å². The number of hydrogen-bond donors (Lipinski definition) is 2. The van der Waals surface area contributed by atoms with Crippen LogP contribution in [0.25, 0.3) is 0 Å². The summed E-state index contributed by atoms with van der Waals surface area (Å²) in [5.41, 5.74) is 0.453. The van der Waals surface area contributed by atoms with E-state index in [-0.39, 0.29) is 57.6 Å². The highest BCUT2D eigenvalue weighted by atomic mass is 16.5. The molecule has 0 aromatic carbocycles. The molecule has 5 nitrogen and oxygen atoms in total. The number of carbonyl (C=O) groups is 2. The maximum absolute atomic E-state index is 14.5. The van der Waals surface area contributed by atoms with Gasteiger partial charge in [-0.05, 0) is 123 Å². The molecule has 2 N–H and O–H groups in total. The number of rotatable bonds is 9. The first-order valence-corrected chi connectivity index (χ1v) is 17.8. The Bertz CT molecular complexity index is 1110. The molecule has 5 aliphatic rings.